The van der Waals surface area contributed by atoms with Gasteiger partial charge in [-0.1, -0.05) is 18.2 Å². The second kappa shape index (κ2) is 7.38. The van der Waals surface area contributed by atoms with Gasteiger partial charge in [-0.2, -0.15) is 0 Å². The third-order valence-corrected chi connectivity index (χ3v) is 6.57. The van der Waals surface area contributed by atoms with Crippen LogP contribution in [0.1, 0.15) is 32.9 Å². The van der Waals surface area contributed by atoms with Crippen molar-refractivity contribution >= 4 is 28.2 Å². The molecule has 1 atom stereocenters. The van der Waals surface area contributed by atoms with Crippen molar-refractivity contribution < 1.29 is 13.6 Å². The molecule has 0 unspecified atom stereocenters. The Hall–Kier alpha value is -3.85. The Balaban J connectivity index is 1.40. The van der Waals surface area contributed by atoms with Crippen LogP contribution < -0.4 is 0 Å². The first-order valence-electron chi connectivity index (χ1n) is 10.1. The smallest absolute Gasteiger partial charge is 0.266 e. The number of rotatable bonds is 3. The third kappa shape index (κ3) is 3.01. The molecule has 0 saturated heterocycles. The van der Waals surface area contributed by atoms with Crippen molar-refractivity contribution in [3.63, 3.8) is 0 Å². The lowest BCUT2D eigenvalue weighted by atomic mass is 10.00. The number of aromatic amines is 1. The molecule has 7 nitrogen and oxygen atoms in total. The minimum Gasteiger partial charge on any atom is -0.458 e. The number of fused-ring (bicyclic) bond motifs is 2. The highest BCUT2D eigenvalue weighted by atomic mass is 32.1. The Morgan fingerprint density at radius 3 is 2.97 bits per heavy atom. The van der Waals surface area contributed by atoms with Gasteiger partial charge in [-0.25, -0.2) is 14.4 Å². The molecule has 5 heterocycles. The summed E-state index contributed by atoms with van der Waals surface area (Å²) in [5.41, 5.74) is 2.64. The summed E-state index contributed by atoms with van der Waals surface area (Å²) < 4.78 is 20.3. The Labute approximate surface area is 185 Å². The minimum atomic E-state index is -0.472. The zero-order valence-electron chi connectivity index (χ0n) is 16.7. The number of H-pyrrole nitrogens is 1. The number of carbonyl (C=O) groups is 1. The average molecular weight is 445 g/mol. The average Bonchev–Trinajstić information content (AvgIpc) is 3.57. The lowest BCUT2D eigenvalue weighted by Gasteiger charge is -2.33. The van der Waals surface area contributed by atoms with Crippen LogP contribution in [0.15, 0.2) is 65.6 Å². The second-order valence-corrected chi connectivity index (χ2v) is 8.50. The quantitative estimate of drug-likeness (QED) is 0.438. The van der Waals surface area contributed by atoms with Crippen molar-refractivity contribution in [2.24, 2.45) is 0 Å². The third-order valence-electron chi connectivity index (χ3n) is 5.58. The molecule has 32 heavy (non-hydrogen) atoms. The Morgan fingerprint density at radius 2 is 2.09 bits per heavy atom. The second-order valence-electron chi connectivity index (χ2n) is 7.47. The first-order chi connectivity index (χ1) is 15.7. The van der Waals surface area contributed by atoms with Crippen LogP contribution in [0.3, 0.4) is 0 Å². The minimum absolute atomic E-state index is 0.138. The number of para-hydroxylation sites is 1. The molecule has 5 aromatic rings. The van der Waals surface area contributed by atoms with Gasteiger partial charge in [0.15, 0.2) is 5.82 Å². The van der Waals surface area contributed by atoms with E-state index >= 15 is 0 Å². The largest absolute Gasteiger partial charge is 0.458 e. The number of halogens is 1. The predicted octanol–water partition coefficient (Wildman–Crippen LogP) is 4.60. The number of benzene rings is 1. The van der Waals surface area contributed by atoms with E-state index in [2.05, 4.69) is 19.9 Å². The summed E-state index contributed by atoms with van der Waals surface area (Å²) in [7, 11) is 0. The molecule has 0 bridgehead atoms. The number of imidazole rings is 1. The van der Waals surface area contributed by atoms with Crippen LogP contribution in [0, 0.1) is 5.82 Å². The Morgan fingerprint density at radius 1 is 1.19 bits per heavy atom. The van der Waals surface area contributed by atoms with E-state index in [0.29, 0.717) is 28.6 Å². The van der Waals surface area contributed by atoms with Crippen LogP contribution in [0.4, 0.5) is 4.39 Å². The number of hydrogen-bond acceptors (Lipinski definition) is 6. The SMILES string of the molecule is O=C(c1cnc(-c2ncccc2F)s1)N1CCc2[nH]cnc2[C@H]1c1cc2ccccc2o1. The molecular formula is C23H16FN5O2S. The van der Waals surface area contributed by atoms with Crippen molar-refractivity contribution in [3.8, 4) is 10.7 Å². The van der Waals surface area contributed by atoms with Crippen LogP contribution in [0.5, 0.6) is 0 Å². The number of amides is 1. The first kappa shape index (κ1) is 18.9. The number of pyridine rings is 1. The zero-order chi connectivity index (χ0) is 21.7. The number of nitrogens with zero attached hydrogens (tertiary/aromatic N) is 4. The van der Waals surface area contributed by atoms with Crippen molar-refractivity contribution in [2.45, 2.75) is 12.5 Å². The molecule has 158 valence electrons. The van der Waals surface area contributed by atoms with Crippen molar-refractivity contribution in [2.75, 3.05) is 6.54 Å². The lowest BCUT2D eigenvalue weighted by Crippen LogP contribution is -2.40. The van der Waals surface area contributed by atoms with Gasteiger partial charge in [0.05, 0.1) is 18.2 Å². The number of carbonyl (C=O) groups excluding carboxylic acids is 1. The van der Waals surface area contributed by atoms with E-state index < -0.39 is 11.9 Å². The normalized spacial score (nSPS) is 15.8. The molecule has 1 aliphatic heterocycles. The van der Waals surface area contributed by atoms with Crippen LogP contribution in [-0.2, 0) is 6.42 Å². The molecule has 9 heteroatoms. The maximum absolute atomic E-state index is 14.1. The van der Waals surface area contributed by atoms with E-state index in [1.165, 1.54) is 24.5 Å². The van der Waals surface area contributed by atoms with E-state index in [0.717, 1.165) is 33.7 Å². The van der Waals surface area contributed by atoms with Gasteiger partial charge in [0.1, 0.15) is 33.0 Å². The molecule has 1 amide bonds. The van der Waals surface area contributed by atoms with Gasteiger partial charge in [-0.15, -0.1) is 11.3 Å². The summed E-state index contributed by atoms with van der Waals surface area (Å²) in [6, 6.07) is 12.1. The van der Waals surface area contributed by atoms with Gasteiger partial charge in [-0.05, 0) is 24.3 Å². The van der Waals surface area contributed by atoms with Crippen molar-refractivity contribution in [1.82, 2.24) is 24.8 Å². The molecule has 0 aliphatic carbocycles. The maximum Gasteiger partial charge on any atom is 0.266 e. The highest BCUT2D eigenvalue weighted by molar-refractivity contribution is 7.16. The van der Waals surface area contributed by atoms with Crippen LogP contribution in [0.25, 0.3) is 21.7 Å². The van der Waals surface area contributed by atoms with E-state index in [-0.39, 0.29) is 11.6 Å². The van der Waals surface area contributed by atoms with E-state index in [1.807, 2.05) is 30.3 Å². The van der Waals surface area contributed by atoms with E-state index in [4.69, 9.17) is 4.42 Å². The summed E-state index contributed by atoms with van der Waals surface area (Å²) in [6.45, 7) is 0.487. The predicted molar refractivity (Wildman–Crippen MR) is 117 cm³/mol. The number of thiazole rings is 1. The zero-order valence-corrected chi connectivity index (χ0v) is 17.5. The number of nitrogens with one attached hydrogen (secondary N) is 1. The summed E-state index contributed by atoms with van der Waals surface area (Å²) in [5.74, 6) is -0.0301. The van der Waals surface area contributed by atoms with Crippen LogP contribution in [-0.4, -0.2) is 37.3 Å². The first-order valence-corrected chi connectivity index (χ1v) is 10.9. The maximum atomic E-state index is 14.1. The van der Waals surface area contributed by atoms with E-state index in [9.17, 15) is 9.18 Å². The number of furan rings is 1. The molecule has 1 aromatic carbocycles. The number of aromatic nitrogens is 4. The van der Waals surface area contributed by atoms with Gasteiger partial charge in [0, 0.05) is 30.2 Å². The summed E-state index contributed by atoms with van der Waals surface area (Å²) in [5, 5.41) is 1.33. The molecule has 1 N–H and O–H groups in total. The van der Waals surface area contributed by atoms with Gasteiger partial charge in [0.2, 0.25) is 0 Å². The summed E-state index contributed by atoms with van der Waals surface area (Å²) in [6.07, 6.45) is 5.27. The molecule has 0 fully saturated rings. The summed E-state index contributed by atoms with van der Waals surface area (Å²) in [4.78, 5) is 31.7. The lowest BCUT2D eigenvalue weighted by molar-refractivity contribution is 0.0677. The van der Waals surface area contributed by atoms with Gasteiger partial charge in [-0.3, -0.25) is 9.78 Å². The molecule has 4 aromatic heterocycles. The monoisotopic (exact) mass is 445 g/mol. The topological polar surface area (TPSA) is 87.9 Å². The van der Waals surface area contributed by atoms with Crippen LogP contribution in [0.2, 0.25) is 0 Å². The van der Waals surface area contributed by atoms with Gasteiger partial charge < -0.3 is 14.3 Å². The summed E-state index contributed by atoms with van der Waals surface area (Å²) >= 11 is 1.12. The molecule has 6 rings (SSSR count). The molecule has 1 aliphatic rings. The Kier molecular flexibility index (Phi) is 4.36. The van der Waals surface area contributed by atoms with Crippen molar-refractivity contribution in [1.29, 1.82) is 0 Å². The number of hydrogen-bond donors (Lipinski definition) is 1. The fraction of sp³-hybridized carbons (Fsp3) is 0.130. The van der Waals surface area contributed by atoms with Gasteiger partial charge >= 0.3 is 0 Å². The molecular weight excluding hydrogens is 429 g/mol. The molecule has 0 saturated carbocycles. The fourth-order valence-corrected chi connectivity index (χ4v) is 4.96. The van der Waals surface area contributed by atoms with Crippen LogP contribution >= 0.6 is 11.3 Å². The van der Waals surface area contributed by atoms with Gasteiger partial charge in [0.25, 0.3) is 5.91 Å². The van der Waals surface area contributed by atoms with E-state index in [1.54, 1.807) is 11.2 Å². The fourth-order valence-electron chi connectivity index (χ4n) is 4.09. The molecule has 0 radical (unpaired) electrons. The van der Waals surface area contributed by atoms with Crippen molar-refractivity contribution in [3.05, 3.63) is 89.0 Å². The standard InChI is InChI=1S/C23H16FN5O2S/c24-14-5-3-8-25-19(14)22-26-11-18(32-22)23(30)29-9-7-15-20(28-12-27-15)21(29)17-10-13-4-1-2-6-16(13)31-17/h1-6,8,10-12,21H,7,9H2,(H,27,28)/t21-/m1/s1. The highest BCUT2D eigenvalue weighted by Gasteiger charge is 2.37. The Bertz CT molecular complexity index is 1420. The molecule has 0 spiro atoms. The highest BCUT2D eigenvalue weighted by Crippen LogP contribution is 2.38.